The zero-order chi connectivity index (χ0) is 19.4. The van der Waals surface area contributed by atoms with Crippen LogP contribution < -0.4 is 10.6 Å². The molecule has 2 heterocycles. The highest BCUT2D eigenvalue weighted by molar-refractivity contribution is 6.99. The van der Waals surface area contributed by atoms with Gasteiger partial charge in [-0.05, 0) is 30.0 Å². The molecular weight excluding hydrogens is 362 g/mol. The Morgan fingerprint density at radius 2 is 2.15 bits per heavy atom. The van der Waals surface area contributed by atoms with Gasteiger partial charge < -0.3 is 20.2 Å². The number of aliphatic hydroxyl groups excluding tert-OH is 1. The third-order valence-corrected chi connectivity index (χ3v) is 5.05. The van der Waals surface area contributed by atoms with Crippen LogP contribution in [0.25, 0.3) is 0 Å². The second kappa shape index (κ2) is 8.37. The Kier molecular flexibility index (Phi) is 5.94. The molecule has 1 aliphatic carbocycles. The Bertz CT molecular complexity index is 877. The van der Waals surface area contributed by atoms with Crippen LogP contribution >= 0.6 is 11.7 Å². The standard InChI is InChI=1S/C19H23N5O2S/c1-4-14(16-8-13(10-26-16)11(2)3)21-18-19(24-27-23-18)22-15-7-5-6-12(9-20)17(15)25/h5-8,10-12,14,17,25H,4H2,1-3H3,(H,21,23)(H,22,24). The fourth-order valence-corrected chi connectivity index (χ4v) is 3.28. The zero-order valence-corrected chi connectivity index (χ0v) is 16.3. The molecule has 0 spiro atoms. The molecule has 3 N–H and O–H groups in total. The smallest absolute Gasteiger partial charge is 0.188 e. The molecule has 7 nitrogen and oxygen atoms in total. The molecule has 0 aromatic carbocycles. The summed E-state index contributed by atoms with van der Waals surface area (Å²) in [6.07, 6.45) is 6.84. The summed E-state index contributed by atoms with van der Waals surface area (Å²) in [7, 11) is 0. The average Bonchev–Trinajstić information content (AvgIpc) is 3.31. The van der Waals surface area contributed by atoms with Crippen molar-refractivity contribution in [2.24, 2.45) is 5.92 Å². The van der Waals surface area contributed by atoms with Crippen LogP contribution in [0.1, 0.15) is 50.5 Å². The fourth-order valence-electron chi connectivity index (χ4n) is 2.80. The highest BCUT2D eigenvalue weighted by atomic mass is 32.1. The number of nitriles is 1. The van der Waals surface area contributed by atoms with Crippen LogP contribution in [-0.4, -0.2) is 20.0 Å². The molecule has 2 aromatic heterocycles. The zero-order valence-electron chi connectivity index (χ0n) is 15.5. The van der Waals surface area contributed by atoms with Crippen molar-refractivity contribution in [2.75, 3.05) is 10.6 Å². The Labute approximate surface area is 162 Å². The number of aromatic nitrogens is 2. The average molecular weight is 385 g/mol. The van der Waals surface area contributed by atoms with Gasteiger partial charge >= 0.3 is 0 Å². The molecule has 0 aliphatic heterocycles. The summed E-state index contributed by atoms with van der Waals surface area (Å²) in [5.41, 5.74) is 1.68. The molecule has 3 atom stereocenters. The van der Waals surface area contributed by atoms with E-state index in [0.717, 1.165) is 29.5 Å². The molecule has 27 heavy (non-hydrogen) atoms. The quantitative estimate of drug-likeness (QED) is 0.656. The highest BCUT2D eigenvalue weighted by Gasteiger charge is 2.25. The lowest BCUT2D eigenvalue weighted by molar-refractivity contribution is 0.187. The number of nitrogens with zero attached hydrogens (tertiary/aromatic N) is 3. The SMILES string of the molecule is CCC(Nc1nsnc1NC1=CC=CC(C#N)C1O)c1cc(C(C)C)co1. The van der Waals surface area contributed by atoms with Gasteiger partial charge in [-0.25, -0.2) is 0 Å². The van der Waals surface area contributed by atoms with Crippen molar-refractivity contribution in [3.05, 3.63) is 47.6 Å². The summed E-state index contributed by atoms with van der Waals surface area (Å²) in [6, 6.07) is 4.09. The van der Waals surface area contributed by atoms with E-state index in [-0.39, 0.29) is 6.04 Å². The number of aliphatic hydroxyl groups is 1. The number of rotatable bonds is 7. The number of hydrogen-bond acceptors (Lipinski definition) is 8. The molecule has 1 aliphatic rings. The molecule has 0 saturated heterocycles. The van der Waals surface area contributed by atoms with Gasteiger partial charge in [0.15, 0.2) is 11.6 Å². The minimum absolute atomic E-state index is 0.0426. The summed E-state index contributed by atoms with van der Waals surface area (Å²) in [5.74, 6) is 1.78. The summed E-state index contributed by atoms with van der Waals surface area (Å²) in [6.45, 7) is 6.32. The fraction of sp³-hybridized carbons (Fsp3) is 0.421. The molecule has 3 rings (SSSR count). The molecule has 0 bridgehead atoms. The van der Waals surface area contributed by atoms with Crippen LogP contribution in [0.2, 0.25) is 0 Å². The normalized spacial score (nSPS) is 20.2. The molecule has 0 radical (unpaired) electrons. The number of allylic oxidation sites excluding steroid dienone is 2. The van der Waals surface area contributed by atoms with Gasteiger partial charge in [0.2, 0.25) is 0 Å². The van der Waals surface area contributed by atoms with E-state index in [0.29, 0.717) is 23.3 Å². The van der Waals surface area contributed by atoms with Gasteiger partial charge in [-0.15, -0.1) is 0 Å². The van der Waals surface area contributed by atoms with E-state index in [1.165, 1.54) is 0 Å². The van der Waals surface area contributed by atoms with Crippen LogP contribution in [0.15, 0.2) is 40.7 Å². The van der Waals surface area contributed by atoms with Gasteiger partial charge in [0.05, 0.1) is 36.0 Å². The van der Waals surface area contributed by atoms with Crippen molar-refractivity contribution in [3.63, 3.8) is 0 Å². The minimum atomic E-state index is -0.921. The first-order valence-corrected chi connectivity index (χ1v) is 9.67. The minimum Gasteiger partial charge on any atom is -0.467 e. The van der Waals surface area contributed by atoms with E-state index < -0.39 is 12.0 Å². The monoisotopic (exact) mass is 385 g/mol. The van der Waals surface area contributed by atoms with E-state index >= 15 is 0 Å². The molecule has 0 amide bonds. The van der Waals surface area contributed by atoms with Crippen LogP contribution in [0.3, 0.4) is 0 Å². The molecule has 3 unspecified atom stereocenters. The van der Waals surface area contributed by atoms with E-state index in [4.69, 9.17) is 9.68 Å². The maximum absolute atomic E-state index is 10.3. The summed E-state index contributed by atoms with van der Waals surface area (Å²) < 4.78 is 14.3. The Hall–Kier alpha value is -2.63. The highest BCUT2D eigenvalue weighted by Crippen LogP contribution is 2.31. The van der Waals surface area contributed by atoms with Gasteiger partial charge in [0.1, 0.15) is 11.9 Å². The van der Waals surface area contributed by atoms with Gasteiger partial charge in [-0.1, -0.05) is 32.9 Å². The Morgan fingerprint density at radius 1 is 1.37 bits per heavy atom. The van der Waals surface area contributed by atoms with Crippen LogP contribution in [-0.2, 0) is 0 Å². The molecule has 0 saturated carbocycles. The largest absolute Gasteiger partial charge is 0.467 e. The summed E-state index contributed by atoms with van der Waals surface area (Å²) in [5, 5.41) is 25.9. The van der Waals surface area contributed by atoms with E-state index in [1.54, 1.807) is 24.5 Å². The number of anilines is 2. The van der Waals surface area contributed by atoms with Crippen molar-refractivity contribution in [1.29, 1.82) is 5.26 Å². The first kappa shape index (κ1) is 19.1. The Balaban J connectivity index is 1.75. The van der Waals surface area contributed by atoms with E-state index in [1.807, 2.05) is 0 Å². The van der Waals surface area contributed by atoms with Crippen molar-refractivity contribution in [1.82, 2.24) is 8.75 Å². The van der Waals surface area contributed by atoms with E-state index in [2.05, 4.69) is 52.3 Å². The molecular formula is C19H23N5O2S. The predicted molar refractivity (Wildman–Crippen MR) is 105 cm³/mol. The van der Waals surface area contributed by atoms with Crippen LogP contribution in [0.5, 0.6) is 0 Å². The lowest BCUT2D eigenvalue weighted by Gasteiger charge is -2.21. The lowest BCUT2D eigenvalue weighted by atomic mass is 9.96. The third-order valence-electron chi connectivity index (χ3n) is 4.52. The van der Waals surface area contributed by atoms with Gasteiger partial charge in [0, 0.05) is 5.70 Å². The van der Waals surface area contributed by atoms with Crippen molar-refractivity contribution in [3.8, 4) is 6.07 Å². The van der Waals surface area contributed by atoms with E-state index in [9.17, 15) is 5.11 Å². The van der Waals surface area contributed by atoms with Gasteiger partial charge in [-0.2, -0.15) is 14.0 Å². The molecule has 0 fully saturated rings. The third kappa shape index (κ3) is 4.21. The second-order valence-electron chi connectivity index (χ2n) is 6.74. The van der Waals surface area contributed by atoms with Crippen LogP contribution in [0.4, 0.5) is 11.6 Å². The van der Waals surface area contributed by atoms with Gasteiger partial charge in [-0.3, -0.25) is 0 Å². The molecule has 142 valence electrons. The molecule has 8 heteroatoms. The Morgan fingerprint density at radius 3 is 2.81 bits per heavy atom. The van der Waals surface area contributed by atoms with Crippen molar-refractivity contribution < 1.29 is 9.52 Å². The second-order valence-corrected chi connectivity index (χ2v) is 7.26. The number of furan rings is 1. The van der Waals surface area contributed by atoms with Crippen molar-refractivity contribution in [2.45, 2.75) is 45.3 Å². The maximum atomic E-state index is 10.3. The summed E-state index contributed by atoms with van der Waals surface area (Å²) in [4.78, 5) is 0. The van der Waals surface area contributed by atoms with Gasteiger partial charge in [0.25, 0.3) is 0 Å². The predicted octanol–water partition coefficient (Wildman–Crippen LogP) is 4.18. The topological polar surface area (TPSA) is 107 Å². The van der Waals surface area contributed by atoms with Crippen LogP contribution in [0, 0.1) is 17.2 Å². The summed E-state index contributed by atoms with van der Waals surface area (Å²) >= 11 is 1.07. The number of hydrogen-bond donors (Lipinski definition) is 3. The number of nitrogens with one attached hydrogen (secondary N) is 2. The maximum Gasteiger partial charge on any atom is 0.188 e. The lowest BCUT2D eigenvalue weighted by Crippen LogP contribution is -2.26. The first-order chi connectivity index (χ1) is 13.0. The molecule has 2 aromatic rings. The van der Waals surface area contributed by atoms with Crippen molar-refractivity contribution >= 4 is 23.4 Å². The first-order valence-electron chi connectivity index (χ1n) is 8.94.